The number of halogens is 1. The zero-order valence-corrected chi connectivity index (χ0v) is 19.8. The van der Waals surface area contributed by atoms with Crippen LogP contribution < -0.4 is 24.2 Å². The van der Waals surface area contributed by atoms with Crippen molar-refractivity contribution in [1.82, 2.24) is 0 Å². The van der Waals surface area contributed by atoms with E-state index >= 15 is 0 Å². The van der Waals surface area contributed by atoms with Crippen LogP contribution in [0.1, 0.15) is 5.56 Å². The SMILES string of the molecule is COc1ccc(OC)c(NC(=O)COc2ccc(S(=O)(=O)Nc3ccc(Cl)cc3)cc2C)c1. The number of aryl methyl sites for hydroxylation is 1. The fraction of sp³-hybridized carbons (Fsp3) is 0.174. The van der Waals surface area contributed by atoms with E-state index in [1.54, 1.807) is 49.4 Å². The summed E-state index contributed by atoms with van der Waals surface area (Å²) in [6.45, 7) is 1.41. The third-order valence-electron chi connectivity index (χ3n) is 4.59. The number of anilines is 2. The first-order chi connectivity index (χ1) is 15.7. The molecule has 0 aliphatic rings. The van der Waals surface area contributed by atoms with Gasteiger partial charge >= 0.3 is 0 Å². The van der Waals surface area contributed by atoms with Crippen LogP contribution in [0.25, 0.3) is 0 Å². The van der Waals surface area contributed by atoms with Gasteiger partial charge in [0.15, 0.2) is 6.61 Å². The highest BCUT2D eigenvalue weighted by atomic mass is 35.5. The minimum atomic E-state index is -3.81. The molecule has 0 aliphatic heterocycles. The molecule has 0 radical (unpaired) electrons. The van der Waals surface area contributed by atoms with E-state index in [1.165, 1.54) is 32.4 Å². The first-order valence-corrected chi connectivity index (χ1v) is 11.6. The van der Waals surface area contributed by atoms with Gasteiger partial charge in [-0.2, -0.15) is 0 Å². The lowest BCUT2D eigenvalue weighted by atomic mass is 10.2. The van der Waals surface area contributed by atoms with Crippen molar-refractivity contribution in [3.05, 3.63) is 71.2 Å². The first-order valence-electron chi connectivity index (χ1n) is 9.75. The van der Waals surface area contributed by atoms with E-state index in [1.807, 2.05) is 0 Å². The van der Waals surface area contributed by atoms with Gasteiger partial charge in [0.25, 0.3) is 15.9 Å². The smallest absolute Gasteiger partial charge is 0.262 e. The van der Waals surface area contributed by atoms with Gasteiger partial charge in [-0.1, -0.05) is 11.6 Å². The zero-order chi connectivity index (χ0) is 24.0. The third kappa shape index (κ3) is 6.30. The Balaban J connectivity index is 1.66. The molecule has 0 saturated carbocycles. The molecule has 33 heavy (non-hydrogen) atoms. The van der Waals surface area contributed by atoms with Gasteiger partial charge in [0.1, 0.15) is 17.2 Å². The van der Waals surface area contributed by atoms with Crippen LogP contribution in [-0.2, 0) is 14.8 Å². The monoisotopic (exact) mass is 490 g/mol. The summed E-state index contributed by atoms with van der Waals surface area (Å²) in [5.74, 6) is 1.00. The van der Waals surface area contributed by atoms with E-state index in [0.29, 0.717) is 39.2 Å². The summed E-state index contributed by atoms with van der Waals surface area (Å²) in [6.07, 6.45) is 0. The second-order valence-electron chi connectivity index (χ2n) is 6.94. The third-order valence-corrected chi connectivity index (χ3v) is 6.22. The van der Waals surface area contributed by atoms with Crippen LogP contribution in [0.3, 0.4) is 0 Å². The van der Waals surface area contributed by atoms with E-state index in [4.69, 9.17) is 25.8 Å². The Morgan fingerprint density at radius 3 is 2.27 bits per heavy atom. The summed E-state index contributed by atoms with van der Waals surface area (Å²) in [6, 6.07) is 15.7. The Hall–Kier alpha value is -3.43. The summed E-state index contributed by atoms with van der Waals surface area (Å²) in [7, 11) is -0.789. The van der Waals surface area contributed by atoms with Crippen molar-refractivity contribution in [2.24, 2.45) is 0 Å². The second kappa shape index (κ2) is 10.5. The molecule has 3 rings (SSSR count). The summed E-state index contributed by atoms with van der Waals surface area (Å²) in [5.41, 5.74) is 1.39. The maximum Gasteiger partial charge on any atom is 0.262 e. The minimum Gasteiger partial charge on any atom is -0.497 e. The van der Waals surface area contributed by atoms with E-state index < -0.39 is 15.9 Å². The number of rotatable bonds is 9. The normalized spacial score (nSPS) is 10.9. The number of carbonyl (C=O) groups excluding carboxylic acids is 1. The number of amides is 1. The molecule has 0 spiro atoms. The Morgan fingerprint density at radius 2 is 1.64 bits per heavy atom. The van der Waals surface area contributed by atoms with Gasteiger partial charge in [0.05, 0.1) is 24.8 Å². The highest BCUT2D eigenvalue weighted by Gasteiger charge is 2.17. The molecule has 0 fully saturated rings. The van der Waals surface area contributed by atoms with E-state index in [0.717, 1.165) is 0 Å². The number of hydrogen-bond acceptors (Lipinski definition) is 6. The molecule has 0 saturated heterocycles. The van der Waals surface area contributed by atoms with Crippen LogP contribution in [0.4, 0.5) is 11.4 Å². The molecule has 0 bridgehead atoms. The van der Waals surface area contributed by atoms with E-state index in [2.05, 4.69) is 10.0 Å². The number of hydrogen-bond donors (Lipinski definition) is 2. The van der Waals surface area contributed by atoms with E-state index in [-0.39, 0.29) is 11.5 Å². The van der Waals surface area contributed by atoms with Crippen LogP contribution in [0.15, 0.2) is 65.6 Å². The molecule has 0 heterocycles. The molecule has 0 aliphatic carbocycles. The fourth-order valence-electron chi connectivity index (χ4n) is 2.92. The lowest BCUT2D eigenvalue weighted by molar-refractivity contribution is -0.118. The summed E-state index contributed by atoms with van der Waals surface area (Å²) in [5, 5.41) is 3.21. The van der Waals surface area contributed by atoms with Crippen molar-refractivity contribution in [2.45, 2.75) is 11.8 Å². The lowest BCUT2D eigenvalue weighted by Gasteiger charge is -2.14. The Bertz CT molecular complexity index is 1250. The summed E-state index contributed by atoms with van der Waals surface area (Å²) in [4.78, 5) is 12.4. The van der Waals surface area contributed by atoms with Crippen LogP contribution in [-0.4, -0.2) is 35.2 Å². The number of nitrogens with one attached hydrogen (secondary N) is 2. The molecule has 0 unspecified atom stereocenters. The van der Waals surface area contributed by atoms with Gasteiger partial charge in [0.2, 0.25) is 0 Å². The average Bonchev–Trinajstić information content (AvgIpc) is 2.79. The van der Waals surface area contributed by atoms with Crippen LogP contribution in [0.2, 0.25) is 5.02 Å². The van der Waals surface area contributed by atoms with Gasteiger partial charge in [-0.15, -0.1) is 0 Å². The quantitative estimate of drug-likeness (QED) is 0.458. The largest absolute Gasteiger partial charge is 0.497 e. The molecule has 3 aromatic rings. The number of ether oxygens (including phenoxy) is 3. The second-order valence-corrected chi connectivity index (χ2v) is 9.06. The Morgan fingerprint density at radius 1 is 0.939 bits per heavy atom. The molecular formula is C23H23ClN2O6S. The van der Waals surface area contributed by atoms with Gasteiger partial charge in [-0.25, -0.2) is 8.42 Å². The standard InChI is InChI=1S/C23H23ClN2O6S/c1-15-12-19(33(28,29)26-17-6-4-16(24)5-7-17)9-11-21(15)32-14-23(27)25-20-13-18(30-2)8-10-22(20)31-3/h4-13,26H,14H2,1-3H3,(H,25,27). The molecule has 3 aromatic carbocycles. The predicted molar refractivity (Wildman–Crippen MR) is 127 cm³/mol. The number of benzene rings is 3. The maximum atomic E-state index is 12.7. The Labute approximate surface area is 197 Å². The predicted octanol–water partition coefficient (Wildman–Crippen LogP) is 4.48. The topological polar surface area (TPSA) is 103 Å². The number of sulfonamides is 1. The lowest BCUT2D eigenvalue weighted by Crippen LogP contribution is -2.21. The molecule has 0 aromatic heterocycles. The molecule has 10 heteroatoms. The van der Waals surface area contributed by atoms with Gasteiger partial charge < -0.3 is 19.5 Å². The first kappa shape index (κ1) is 24.2. The van der Waals surface area contributed by atoms with Gasteiger partial charge in [-0.3, -0.25) is 9.52 Å². The average molecular weight is 491 g/mol. The van der Waals surface area contributed by atoms with Crippen molar-refractivity contribution in [3.8, 4) is 17.2 Å². The van der Waals surface area contributed by atoms with Crippen molar-refractivity contribution >= 4 is 38.9 Å². The van der Waals surface area contributed by atoms with Crippen LogP contribution in [0.5, 0.6) is 17.2 Å². The zero-order valence-electron chi connectivity index (χ0n) is 18.2. The molecule has 174 valence electrons. The molecular weight excluding hydrogens is 468 g/mol. The van der Waals surface area contributed by atoms with Gasteiger partial charge in [0, 0.05) is 16.8 Å². The highest BCUT2D eigenvalue weighted by Crippen LogP contribution is 2.29. The number of carbonyl (C=O) groups is 1. The number of methoxy groups -OCH3 is 2. The van der Waals surface area contributed by atoms with Crippen molar-refractivity contribution in [2.75, 3.05) is 30.9 Å². The highest BCUT2D eigenvalue weighted by molar-refractivity contribution is 7.92. The summed E-state index contributed by atoms with van der Waals surface area (Å²) < 4.78 is 43.8. The van der Waals surface area contributed by atoms with Crippen molar-refractivity contribution in [3.63, 3.8) is 0 Å². The van der Waals surface area contributed by atoms with E-state index in [9.17, 15) is 13.2 Å². The molecule has 1 amide bonds. The Kier molecular flexibility index (Phi) is 7.67. The van der Waals surface area contributed by atoms with Crippen LogP contribution in [0, 0.1) is 6.92 Å². The van der Waals surface area contributed by atoms with Crippen molar-refractivity contribution in [1.29, 1.82) is 0 Å². The van der Waals surface area contributed by atoms with Gasteiger partial charge in [-0.05, 0) is 67.1 Å². The van der Waals surface area contributed by atoms with Crippen molar-refractivity contribution < 1.29 is 27.4 Å². The molecule has 2 N–H and O–H groups in total. The van der Waals surface area contributed by atoms with Crippen LogP contribution >= 0.6 is 11.6 Å². The molecule has 8 nitrogen and oxygen atoms in total. The minimum absolute atomic E-state index is 0.0628. The maximum absolute atomic E-state index is 12.7. The summed E-state index contributed by atoms with van der Waals surface area (Å²) >= 11 is 5.83. The fourth-order valence-corrected chi connectivity index (χ4v) is 4.19. The molecule has 0 atom stereocenters.